The third-order valence-corrected chi connectivity index (χ3v) is 3.64. The van der Waals surface area contributed by atoms with E-state index in [4.69, 9.17) is 11.6 Å². The fourth-order valence-corrected chi connectivity index (χ4v) is 2.80. The van der Waals surface area contributed by atoms with Crippen LogP contribution in [-0.4, -0.2) is 21.4 Å². The number of hydrogen-bond acceptors (Lipinski definition) is 3. The minimum absolute atomic E-state index is 0.528. The number of fused-ring (bicyclic) bond motifs is 1. The van der Waals surface area contributed by atoms with Crippen molar-refractivity contribution in [3.8, 4) is 0 Å². The lowest BCUT2D eigenvalue weighted by Crippen LogP contribution is -2.30. The van der Waals surface area contributed by atoms with Crippen molar-refractivity contribution in [3.63, 3.8) is 0 Å². The van der Waals surface area contributed by atoms with E-state index in [9.17, 15) is 0 Å². The number of aromatic nitrogens is 2. The van der Waals surface area contributed by atoms with E-state index in [1.54, 1.807) is 6.07 Å². The van der Waals surface area contributed by atoms with Crippen LogP contribution in [0, 0.1) is 6.92 Å². The predicted molar refractivity (Wildman–Crippen MR) is 76.0 cm³/mol. The van der Waals surface area contributed by atoms with Crippen molar-refractivity contribution in [3.05, 3.63) is 58.1 Å². The summed E-state index contributed by atoms with van der Waals surface area (Å²) in [4.78, 5) is 11.1. The number of nitrogens with zero attached hydrogens (tertiary/aromatic N) is 3. The molecule has 0 fully saturated rings. The van der Waals surface area contributed by atoms with E-state index in [0.29, 0.717) is 5.15 Å². The van der Waals surface area contributed by atoms with E-state index in [0.717, 1.165) is 37.6 Å². The standard InChI is InChI=1S/C15H16ClN3/c1-11-8-14(16)18-15(17-11)10-19-7-6-12-4-2-3-5-13(12)9-19/h2-5,8H,6-7,9-10H2,1H3. The molecule has 0 N–H and O–H groups in total. The van der Waals surface area contributed by atoms with Gasteiger partial charge >= 0.3 is 0 Å². The summed E-state index contributed by atoms with van der Waals surface area (Å²) in [6, 6.07) is 10.4. The first-order chi connectivity index (χ1) is 9.20. The summed E-state index contributed by atoms with van der Waals surface area (Å²) in [7, 11) is 0. The molecule has 0 atom stereocenters. The molecule has 0 saturated carbocycles. The third-order valence-electron chi connectivity index (χ3n) is 3.44. The van der Waals surface area contributed by atoms with E-state index >= 15 is 0 Å². The van der Waals surface area contributed by atoms with E-state index in [1.165, 1.54) is 11.1 Å². The lowest BCUT2D eigenvalue weighted by Gasteiger charge is -2.28. The monoisotopic (exact) mass is 273 g/mol. The Morgan fingerprint density at radius 3 is 2.79 bits per heavy atom. The molecule has 3 rings (SSSR count). The molecule has 0 bridgehead atoms. The normalized spacial score (nSPS) is 15.3. The number of aryl methyl sites for hydroxylation is 1. The van der Waals surface area contributed by atoms with Crippen LogP contribution in [0.4, 0.5) is 0 Å². The van der Waals surface area contributed by atoms with Crippen molar-refractivity contribution < 1.29 is 0 Å². The fraction of sp³-hybridized carbons (Fsp3) is 0.333. The highest BCUT2D eigenvalue weighted by Gasteiger charge is 2.16. The van der Waals surface area contributed by atoms with E-state index in [-0.39, 0.29) is 0 Å². The summed E-state index contributed by atoms with van der Waals surface area (Å²) in [5.41, 5.74) is 3.79. The minimum atomic E-state index is 0.528. The lowest BCUT2D eigenvalue weighted by molar-refractivity contribution is 0.239. The van der Waals surface area contributed by atoms with Crippen LogP contribution in [0.15, 0.2) is 30.3 Å². The molecule has 0 spiro atoms. The summed E-state index contributed by atoms with van der Waals surface area (Å²) < 4.78 is 0. The molecule has 0 aliphatic carbocycles. The molecule has 98 valence electrons. The Balaban J connectivity index is 1.75. The van der Waals surface area contributed by atoms with Gasteiger partial charge in [-0.1, -0.05) is 35.9 Å². The zero-order chi connectivity index (χ0) is 13.2. The summed E-state index contributed by atoms with van der Waals surface area (Å²) in [6.45, 7) is 4.72. The van der Waals surface area contributed by atoms with Crippen molar-refractivity contribution in [2.24, 2.45) is 0 Å². The fourth-order valence-electron chi connectivity index (χ4n) is 2.55. The van der Waals surface area contributed by atoms with Crippen molar-refractivity contribution in [2.45, 2.75) is 26.4 Å². The molecule has 1 aliphatic rings. The summed E-state index contributed by atoms with van der Waals surface area (Å²) in [6.07, 6.45) is 1.09. The first-order valence-electron chi connectivity index (χ1n) is 6.50. The third kappa shape index (κ3) is 2.94. The molecule has 0 radical (unpaired) electrons. The predicted octanol–water partition coefficient (Wildman–Crippen LogP) is 3.00. The highest BCUT2D eigenvalue weighted by Crippen LogP contribution is 2.19. The Labute approximate surface area is 118 Å². The van der Waals surface area contributed by atoms with Gasteiger partial charge in [-0.3, -0.25) is 4.90 Å². The van der Waals surface area contributed by atoms with Crippen LogP contribution >= 0.6 is 11.6 Å². The molecule has 1 aromatic heterocycles. The molecule has 0 unspecified atom stereocenters. The van der Waals surface area contributed by atoms with Gasteiger partial charge in [-0.2, -0.15) is 0 Å². The maximum Gasteiger partial charge on any atom is 0.144 e. The first kappa shape index (κ1) is 12.6. The highest BCUT2D eigenvalue weighted by molar-refractivity contribution is 6.29. The molecule has 1 aliphatic heterocycles. The van der Waals surface area contributed by atoms with Gasteiger partial charge in [-0.15, -0.1) is 0 Å². The largest absolute Gasteiger partial charge is 0.291 e. The summed E-state index contributed by atoms with van der Waals surface area (Å²) >= 11 is 5.98. The van der Waals surface area contributed by atoms with E-state index in [2.05, 4.69) is 39.1 Å². The van der Waals surface area contributed by atoms with Crippen molar-refractivity contribution >= 4 is 11.6 Å². The quantitative estimate of drug-likeness (QED) is 0.788. The number of halogens is 1. The molecular weight excluding hydrogens is 258 g/mol. The SMILES string of the molecule is Cc1cc(Cl)nc(CN2CCc3ccccc3C2)n1. The van der Waals surface area contributed by atoms with E-state index in [1.807, 2.05) is 6.92 Å². The molecule has 2 aromatic rings. The van der Waals surface area contributed by atoms with Gasteiger partial charge < -0.3 is 0 Å². The molecule has 19 heavy (non-hydrogen) atoms. The topological polar surface area (TPSA) is 29.0 Å². The van der Waals surface area contributed by atoms with Gasteiger partial charge in [0.05, 0.1) is 6.54 Å². The first-order valence-corrected chi connectivity index (χ1v) is 6.88. The second-order valence-corrected chi connectivity index (χ2v) is 5.36. The van der Waals surface area contributed by atoms with Crippen LogP contribution in [0.1, 0.15) is 22.6 Å². The number of hydrogen-bond donors (Lipinski definition) is 0. The average molecular weight is 274 g/mol. The Morgan fingerprint density at radius 2 is 2.00 bits per heavy atom. The Kier molecular flexibility index (Phi) is 3.49. The second kappa shape index (κ2) is 5.27. The summed E-state index contributed by atoms with van der Waals surface area (Å²) in [5.74, 6) is 0.810. The average Bonchev–Trinajstić information content (AvgIpc) is 2.37. The van der Waals surface area contributed by atoms with Gasteiger partial charge in [0.2, 0.25) is 0 Å². The Hall–Kier alpha value is -1.45. The molecule has 0 amide bonds. The van der Waals surface area contributed by atoms with E-state index < -0.39 is 0 Å². The van der Waals surface area contributed by atoms with Crippen LogP contribution in [0.25, 0.3) is 0 Å². The highest BCUT2D eigenvalue weighted by atomic mass is 35.5. The minimum Gasteiger partial charge on any atom is -0.291 e. The van der Waals surface area contributed by atoms with Crippen LogP contribution in [0.5, 0.6) is 0 Å². The van der Waals surface area contributed by atoms with Crippen molar-refractivity contribution in [1.82, 2.24) is 14.9 Å². The van der Waals surface area contributed by atoms with Crippen molar-refractivity contribution in [2.75, 3.05) is 6.54 Å². The van der Waals surface area contributed by atoms with Crippen LogP contribution in [0.3, 0.4) is 0 Å². The van der Waals surface area contributed by atoms with Gasteiger partial charge in [0, 0.05) is 18.8 Å². The van der Waals surface area contributed by atoms with Crippen LogP contribution in [-0.2, 0) is 19.5 Å². The lowest BCUT2D eigenvalue weighted by atomic mass is 10.00. The van der Waals surface area contributed by atoms with Crippen LogP contribution in [0.2, 0.25) is 5.15 Å². The number of benzene rings is 1. The molecule has 2 heterocycles. The van der Waals surface area contributed by atoms with Gasteiger partial charge in [0.15, 0.2) is 0 Å². The van der Waals surface area contributed by atoms with Gasteiger partial charge in [0.1, 0.15) is 11.0 Å². The Bertz CT molecular complexity index is 577. The maximum atomic E-state index is 5.98. The van der Waals surface area contributed by atoms with Gasteiger partial charge in [0.25, 0.3) is 0 Å². The van der Waals surface area contributed by atoms with Gasteiger partial charge in [-0.25, -0.2) is 9.97 Å². The molecule has 3 nitrogen and oxygen atoms in total. The molecule has 4 heteroatoms. The smallest absolute Gasteiger partial charge is 0.144 e. The summed E-state index contributed by atoms with van der Waals surface area (Å²) in [5, 5.41) is 0.528. The maximum absolute atomic E-state index is 5.98. The second-order valence-electron chi connectivity index (χ2n) is 4.98. The zero-order valence-electron chi connectivity index (χ0n) is 10.9. The molecule has 1 aromatic carbocycles. The zero-order valence-corrected chi connectivity index (χ0v) is 11.7. The molecular formula is C15H16ClN3. The number of rotatable bonds is 2. The Morgan fingerprint density at radius 1 is 1.21 bits per heavy atom. The van der Waals surface area contributed by atoms with Crippen molar-refractivity contribution in [1.29, 1.82) is 0 Å². The van der Waals surface area contributed by atoms with Gasteiger partial charge in [-0.05, 0) is 30.5 Å². The molecule has 0 saturated heterocycles. The van der Waals surface area contributed by atoms with Crippen LogP contribution < -0.4 is 0 Å².